The van der Waals surface area contributed by atoms with E-state index < -0.39 is 5.97 Å². The highest BCUT2D eigenvalue weighted by molar-refractivity contribution is 5.85. The van der Waals surface area contributed by atoms with Crippen LogP contribution in [0.4, 0.5) is 11.6 Å². The topological polar surface area (TPSA) is 105 Å². The lowest BCUT2D eigenvalue weighted by molar-refractivity contribution is 0.0512. The first-order chi connectivity index (χ1) is 12.5. The van der Waals surface area contributed by atoms with Crippen LogP contribution >= 0.6 is 0 Å². The summed E-state index contributed by atoms with van der Waals surface area (Å²) < 4.78 is 10.3. The molecule has 2 aromatic rings. The molecule has 9 heteroatoms. The van der Waals surface area contributed by atoms with E-state index in [4.69, 9.17) is 9.47 Å². The highest BCUT2D eigenvalue weighted by Crippen LogP contribution is 2.24. The average molecular weight is 358 g/mol. The summed E-state index contributed by atoms with van der Waals surface area (Å²) in [4.78, 5) is 17.4. The Labute approximate surface area is 151 Å². The minimum absolute atomic E-state index is 0.0218. The minimum Gasteiger partial charge on any atom is -0.481 e. The zero-order valence-electron chi connectivity index (χ0n) is 15.5. The first-order valence-corrected chi connectivity index (χ1v) is 8.03. The van der Waals surface area contributed by atoms with Crippen LogP contribution in [0.1, 0.15) is 30.0 Å². The molecule has 0 aliphatic carbocycles. The number of aryl methyl sites for hydroxylation is 1. The number of rotatable bonds is 7. The van der Waals surface area contributed by atoms with Gasteiger partial charge in [-0.2, -0.15) is 4.98 Å². The smallest absolute Gasteiger partial charge is 0.375 e. The van der Waals surface area contributed by atoms with Gasteiger partial charge in [0.05, 0.1) is 13.7 Å². The van der Waals surface area contributed by atoms with Gasteiger partial charge in [-0.1, -0.05) is 18.2 Å². The molecule has 0 atom stereocenters. The number of ether oxygens (including phenoxy) is 2. The van der Waals surface area contributed by atoms with Crippen LogP contribution in [0, 0.1) is 6.92 Å². The van der Waals surface area contributed by atoms with E-state index in [9.17, 15) is 4.79 Å². The van der Waals surface area contributed by atoms with Gasteiger partial charge in [0.2, 0.25) is 11.7 Å². The number of para-hydroxylation sites is 1. The highest BCUT2D eigenvalue weighted by atomic mass is 16.5. The number of esters is 1. The minimum atomic E-state index is -0.592. The maximum atomic E-state index is 11.6. The SMILES string of the molecule is CCOC(=O)c1nc(N=N/C(C)=C(\OC)N(C)c2ccccc2C)n[nH]1. The van der Waals surface area contributed by atoms with E-state index in [1.54, 1.807) is 21.0 Å². The summed E-state index contributed by atoms with van der Waals surface area (Å²) in [6.45, 7) is 5.73. The Balaban J connectivity index is 2.21. The molecule has 1 aromatic heterocycles. The molecule has 0 spiro atoms. The number of hydrogen-bond acceptors (Lipinski definition) is 8. The van der Waals surface area contributed by atoms with Crippen LogP contribution in [-0.2, 0) is 9.47 Å². The van der Waals surface area contributed by atoms with Gasteiger partial charge < -0.3 is 14.4 Å². The van der Waals surface area contributed by atoms with Crippen LogP contribution in [-0.4, -0.2) is 41.9 Å². The van der Waals surface area contributed by atoms with Crippen molar-refractivity contribution in [2.45, 2.75) is 20.8 Å². The average Bonchev–Trinajstić information content (AvgIpc) is 3.10. The number of aromatic amines is 1. The van der Waals surface area contributed by atoms with Crippen molar-refractivity contribution in [3.8, 4) is 0 Å². The van der Waals surface area contributed by atoms with Gasteiger partial charge in [0.25, 0.3) is 5.95 Å². The van der Waals surface area contributed by atoms with Crippen molar-refractivity contribution >= 4 is 17.6 Å². The molecule has 1 heterocycles. The highest BCUT2D eigenvalue weighted by Gasteiger charge is 2.14. The number of hydrogen-bond donors (Lipinski definition) is 1. The zero-order valence-corrected chi connectivity index (χ0v) is 15.5. The van der Waals surface area contributed by atoms with Gasteiger partial charge in [0, 0.05) is 12.7 Å². The molecule has 0 saturated heterocycles. The van der Waals surface area contributed by atoms with Crippen molar-refractivity contribution in [1.29, 1.82) is 0 Å². The zero-order chi connectivity index (χ0) is 19.1. The molecule has 0 aliphatic heterocycles. The fourth-order valence-electron chi connectivity index (χ4n) is 2.33. The fraction of sp³-hybridized carbons (Fsp3) is 0.353. The quantitative estimate of drug-likeness (QED) is 0.462. The van der Waals surface area contributed by atoms with Crippen molar-refractivity contribution in [2.75, 3.05) is 25.7 Å². The van der Waals surface area contributed by atoms with E-state index in [1.165, 1.54) is 0 Å². The third kappa shape index (κ3) is 4.44. The number of methoxy groups -OCH3 is 1. The third-order valence-electron chi connectivity index (χ3n) is 3.52. The Morgan fingerprint density at radius 1 is 1.35 bits per heavy atom. The molecule has 1 N–H and O–H groups in total. The summed E-state index contributed by atoms with van der Waals surface area (Å²) in [7, 11) is 3.45. The molecule has 0 saturated carbocycles. The lowest BCUT2D eigenvalue weighted by Gasteiger charge is -2.23. The number of anilines is 1. The monoisotopic (exact) mass is 358 g/mol. The van der Waals surface area contributed by atoms with E-state index in [0.29, 0.717) is 11.6 Å². The lowest BCUT2D eigenvalue weighted by Crippen LogP contribution is -2.20. The van der Waals surface area contributed by atoms with E-state index in [-0.39, 0.29) is 18.4 Å². The molecule has 138 valence electrons. The van der Waals surface area contributed by atoms with Gasteiger partial charge >= 0.3 is 5.97 Å². The summed E-state index contributed by atoms with van der Waals surface area (Å²) in [5.74, 6) is -0.0531. The predicted octanol–water partition coefficient (Wildman–Crippen LogP) is 3.35. The second kappa shape index (κ2) is 8.75. The second-order valence-corrected chi connectivity index (χ2v) is 5.34. The molecule has 0 bridgehead atoms. The number of carbonyl (C=O) groups is 1. The molecular weight excluding hydrogens is 336 g/mol. The maximum absolute atomic E-state index is 11.6. The van der Waals surface area contributed by atoms with Crippen LogP contribution in [0.5, 0.6) is 0 Å². The number of benzene rings is 1. The summed E-state index contributed by atoms with van der Waals surface area (Å²) in [6.07, 6.45) is 0. The Hall–Kier alpha value is -3.23. The predicted molar refractivity (Wildman–Crippen MR) is 96.1 cm³/mol. The van der Waals surface area contributed by atoms with Gasteiger partial charge in [-0.15, -0.1) is 15.3 Å². The van der Waals surface area contributed by atoms with E-state index >= 15 is 0 Å². The fourth-order valence-corrected chi connectivity index (χ4v) is 2.33. The number of azo groups is 1. The van der Waals surface area contributed by atoms with Gasteiger partial charge in [0.1, 0.15) is 5.70 Å². The molecule has 0 aliphatic rings. The van der Waals surface area contributed by atoms with Gasteiger partial charge in [0.15, 0.2) is 0 Å². The van der Waals surface area contributed by atoms with Crippen LogP contribution in [0.2, 0.25) is 0 Å². The van der Waals surface area contributed by atoms with Crippen molar-refractivity contribution < 1.29 is 14.3 Å². The van der Waals surface area contributed by atoms with E-state index in [1.807, 2.05) is 43.1 Å². The number of nitrogens with zero attached hydrogens (tertiary/aromatic N) is 5. The van der Waals surface area contributed by atoms with Gasteiger partial charge in [-0.05, 0) is 32.4 Å². The summed E-state index contributed by atoms with van der Waals surface area (Å²) in [5.41, 5.74) is 2.62. The Morgan fingerprint density at radius 3 is 2.73 bits per heavy atom. The van der Waals surface area contributed by atoms with Crippen LogP contribution in [0.15, 0.2) is 46.1 Å². The molecule has 2 rings (SSSR count). The summed E-state index contributed by atoms with van der Waals surface area (Å²) >= 11 is 0. The number of H-pyrrole nitrogens is 1. The van der Waals surface area contributed by atoms with Crippen molar-refractivity contribution in [1.82, 2.24) is 15.2 Å². The van der Waals surface area contributed by atoms with Crippen LogP contribution in [0.25, 0.3) is 0 Å². The number of allylic oxidation sites excluding steroid dienone is 1. The second-order valence-electron chi connectivity index (χ2n) is 5.34. The molecular formula is C17H22N6O3. The third-order valence-corrected chi connectivity index (χ3v) is 3.52. The Morgan fingerprint density at radius 2 is 2.08 bits per heavy atom. The van der Waals surface area contributed by atoms with Crippen molar-refractivity contribution in [3.05, 3.63) is 47.2 Å². The Kier molecular flexibility index (Phi) is 6.42. The molecule has 1 aromatic carbocycles. The number of nitrogens with one attached hydrogen (secondary N) is 1. The van der Waals surface area contributed by atoms with Crippen molar-refractivity contribution in [2.24, 2.45) is 10.2 Å². The van der Waals surface area contributed by atoms with Gasteiger partial charge in [-0.3, -0.25) is 5.10 Å². The standard InChI is InChI=1S/C17H22N6O3/c1-6-26-16(24)14-18-17(22-20-14)21-19-12(3)15(25-5)23(4)13-10-8-7-9-11(13)2/h7-10H,6H2,1-5H3,(H,18,20,22)/b15-12-,21-19?. The largest absolute Gasteiger partial charge is 0.481 e. The molecule has 26 heavy (non-hydrogen) atoms. The lowest BCUT2D eigenvalue weighted by atomic mass is 10.2. The van der Waals surface area contributed by atoms with Gasteiger partial charge in [-0.25, -0.2) is 4.79 Å². The normalized spacial score (nSPS) is 12.0. The summed E-state index contributed by atoms with van der Waals surface area (Å²) in [5, 5.41) is 14.3. The molecule has 0 amide bonds. The molecule has 0 fully saturated rings. The molecule has 9 nitrogen and oxygen atoms in total. The first kappa shape index (κ1) is 19.1. The van der Waals surface area contributed by atoms with E-state index in [0.717, 1.165) is 11.3 Å². The number of carbonyl (C=O) groups excluding carboxylic acids is 1. The Bertz CT molecular complexity index is 827. The van der Waals surface area contributed by atoms with Crippen LogP contribution < -0.4 is 4.90 Å². The maximum Gasteiger partial charge on any atom is 0.375 e. The van der Waals surface area contributed by atoms with Crippen LogP contribution in [0.3, 0.4) is 0 Å². The summed E-state index contributed by atoms with van der Waals surface area (Å²) in [6, 6.07) is 7.92. The number of aromatic nitrogens is 3. The van der Waals surface area contributed by atoms with E-state index in [2.05, 4.69) is 25.4 Å². The molecule has 0 unspecified atom stereocenters. The molecule has 0 radical (unpaired) electrons. The van der Waals surface area contributed by atoms with Crippen molar-refractivity contribution in [3.63, 3.8) is 0 Å². The first-order valence-electron chi connectivity index (χ1n) is 8.03.